The van der Waals surface area contributed by atoms with Crippen molar-refractivity contribution >= 4 is 33.5 Å². The first-order valence-electron chi connectivity index (χ1n) is 7.22. The fourth-order valence-corrected chi connectivity index (χ4v) is 3.90. The van der Waals surface area contributed by atoms with Gasteiger partial charge < -0.3 is 15.5 Å². The number of rotatable bonds is 2. The highest BCUT2D eigenvalue weighted by Crippen LogP contribution is 2.34. The van der Waals surface area contributed by atoms with Crippen molar-refractivity contribution in [2.75, 3.05) is 5.73 Å². The molecule has 118 valence electrons. The van der Waals surface area contributed by atoms with E-state index >= 15 is 0 Å². The third kappa shape index (κ3) is 2.40. The van der Waals surface area contributed by atoms with Gasteiger partial charge in [0.15, 0.2) is 10.7 Å². The van der Waals surface area contributed by atoms with Gasteiger partial charge in [0.1, 0.15) is 0 Å². The predicted octanol–water partition coefficient (Wildman–Crippen LogP) is 1.44. The van der Waals surface area contributed by atoms with E-state index in [1.54, 1.807) is 10.6 Å². The maximum Gasteiger partial charge on any atom is 0.419 e. The summed E-state index contributed by atoms with van der Waals surface area (Å²) in [6.07, 6.45) is 0.292. The zero-order valence-corrected chi connectivity index (χ0v) is 12.9. The number of nitrogens with one attached hydrogen (secondary N) is 1. The van der Waals surface area contributed by atoms with Crippen LogP contribution in [0.5, 0.6) is 0 Å². The summed E-state index contributed by atoms with van der Waals surface area (Å²) in [6, 6.07) is 7.25. The fraction of sp³-hybridized carbons (Fsp3) is 0.267. The second-order valence-electron chi connectivity index (χ2n) is 5.49. The Kier molecular flexibility index (Phi) is 3.19. The number of nitrogens with two attached hydrogens (primary N) is 1. The average molecular weight is 330 g/mol. The molecule has 0 saturated heterocycles. The van der Waals surface area contributed by atoms with E-state index in [9.17, 15) is 9.59 Å². The van der Waals surface area contributed by atoms with Crippen molar-refractivity contribution in [3.8, 4) is 0 Å². The first-order chi connectivity index (χ1) is 11.1. The van der Waals surface area contributed by atoms with Crippen molar-refractivity contribution in [1.82, 2.24) is 14.9 Å². The molecule has 8 heteroatoms. The summed E-state index contributed by atoms with van der Waals surface area (Å²) in [6.45, 7) is 0.733. The lowest BCUT2D eigenvalue weighted by Crippen LogP contribution is -2.24. The molecular weight excluding hydrogens is 316 g/mol. The number of oxazole rings is 1. The number of hydrogen-bond donors (Lipinski definition) is 2. The molecule has 7 nitrogen and oxygen atoms in total. The molecule has 1 aromatic carbocycles. The zero-order valence-electron chi connectivity index (χ0n) is 12.1. The van der Waals surface area contributed by atoms with E-state index in [2.05, 4.69) is 10.3 Å². The third-order valence-corrected chi connectivity index (χ3v) is 5.07. The molecule has 1 unspecified atom stereocenters. The number of carbonyl (C=O) groups excluding carboxylic acids is 1. The molecule has 1 aliphatic rings. The molecule has 0 fully saturated rings. The molecule has 0 spiro atoms. The maximum absolute atomic E-state index is 12.2. The summed E-state index contributed by atoms with van der Waals surface area (Å²) in [5.41, 5.74) is 7.85. The maximum atomic E-state index is 12.2. The number of hydrogen-bond acceptors (Lipinski definition) is 6. The van der Waals surface area contributed by atoms with Crippen LogP contribution in [0.25, 0.3) is 11.1 Å². The van der Waals surface area contributed by atoms with Crippen molar-refractivity contribution in [3.05, 3.63) is 45.4 Å². The van der Waals surface area contributed by atoms with Crippen molar-refractivity contribution in [1.29, 1.82) is 0 Å². The molecule has 3 N–H and O–H groups in total. The second kappa shape index (κ2) is 5.24. The third-order valence-electron chi connectivity index (χ3n) is 3.98. The van der Waals surface area contributed by atoms with Crippen LogP contribution in [0.1, 0.15) is 22.9 Å². The Bertz CT molecular complexity index is 955. The number of nitrogen functional groups attached to an aromatic ring is 1. The number of carbonyl (C=O) groups is 1. The van der Waals surface area contributed by atoms with Gasteiger partial charge in [-0.05, 0) is 12.1 Å². The number of thiazole rings is 1. The van der Waals surface area contributed by atoms with Gasteiger partial charge in [-0.2, -0.15) is 0 Å². The second-order valence-corrected chi connectivity index (χ2v) is 6.55. The topological polar surface area (TPSA) is 103 Å². The summed E-state index contributed by atoms with van der Waals surface area (Å²) in [5.74, 6) is -0.629. The highest BCUT2D eigenvalue weighted by molar-refractivity contribution is 7.15. The molecule has 1 aliphatic heterocycles. The van der Waals surface area contributed by atoms with Gasteiger partial charge in [0, 0.05) is 23.8 Å². The van der Waals surface area contributed by atoms with E-state index in [-0.39, 0.29) is 11.8 Å². The Hall–Kier alpha value is -2.61. The monoisotopic (exact) mass is 330 g/mol. The number of aromatic nitrogens is 2. The summed E-state index contributed by atoms with van der Waals surface area (Å²) in [7, 11) is 0. The molecular formula is C15H14N4O3S. The van der Waals surface area contributed by atoms with E-state index in [0.29, 0.717) is 30.2 Å². The molecule has 1 amide bonds. The highest BCUT2D eigenvalue weighted by Gasteiger charge is 2.27. The van der Waals surface area contributed by atoms with Crippen LogP contribution >= 0.6 is 11.3 Å². The van der Waals surface area contributed by atoms with Crippen molar-refractivity contribution in [3.63, 3.8) is 0 Å². The van der Waals surface area contributed by atoms with Crippen LogP contribution < -0.4 is 16.8 Å². The van der Waals surface area contributed by atoms with E-state index < -0.39 is 5.76 Å². The van der Waals surface area contributed by atoms with Gasteiger partial charge in [0.25, 0.3) is 0 Å². The minimum Gasteiger partial charge on any atom is -0.408 e. The van der Waals surface area contributed by atoms with Crippen LogP contribution in [0.15, 0.2) is 33.5 Å². The largest absolute Gasteiger partial charge is 0.419 e. The van der Waals surface area contributed by atoms with Crippen molar-refractivity contribution < 1.29 is 9.21 Å². The smallest absolute Gasteiger partial charge is 0.408 e. The average Bonchev–Trinajstić information content (AvgIpc) is 3.00. The summed E-state index contributed by atoms with van der Waals surface area (Å²) in [4.78, 5) is 29.3. The molecule has 0 aliphatic carbocycles. The Balaban J connectivity index is 1.78. The van der Waals surface area contributed by atoms with Crippen LogP contribution in [0, 0.1) is 0 Å². The minimum absolute atomic E-state index is 0.0559. The predicted molar refractivity (Wildman–Crippen MR) is 86.2 cm³/mol. The summed E-state index contributed by atoms with van der Waals surface area (Å²) >= 11 is 1.38. The Morgan fingerprint density at radius 1 is 1.39 bits per heavy atom. The minimum atomic E-state index is -0.421. The van der Waals surface area contributed by atoms with Gasteiger partial charge >= 0.3 is 5.76 Å². The SMILES string of the molecule is Nc1nc2c(s1)C(Cn1c(=O)oc3ccccc31)CC(=O)NC2. The number of fused-ring (bicyclic) bond motifs is 2. The van der Waals surface area contributed by atoms with Crippen LogP contribution in [-0.4, -0.2) is 15.5 Å². The van der Waals surface area contributed by atoms with Gasteiger partial charge in [0.2, 0.25) is 5.91 Å². The van der Waals surface area contributed by atoms with E-state index in [4.69, 9.17) is 10.2 Å². The normalized spacial score (nSPS) is 17.7. The van der Waals surface area contributed by atoms with E-state index in [1.165, 1.54) is 11.3 Å². The molecule has 1 atom stereocenters. The molecule has 4 rings (SSSR count). The van der Waals surface area contributed by atoms with Gasteiger partial charge in [0.05, 0.1) is 17.8 Å². The first kappa shape index (κ1) is 14.0. The van der Waals surface area contributed by atoms with Gasteiger partial charge in [-0.25, -0.2) is 9.78 Å². The number of anilines is 1. The molecule has 0 bridgehead atoms. The number of benzene rings is 1. The van der Waals surface area contributed by atoms with Crippen LogP contribution in [0.2, 0.25) is 0 Å². The van der Waals surface area contributed by atoms with Crippen molar-refractivity contribution in [2.24, 2.45) is 0 Å². The Labute approximate surface area is 134 Å². The number of nitrogens with zero attached hydrogens (tertiary/aromatic N) is 2. The zero-order chi connectivity index (χ0) is 16.0. The highest BCUT2D eigenvalue weighted by atomic mass is 32.1. The molecule has 2 aromatic heterocycles. The van der Waals surface area contributed by atoms with E-state index in [0.717, 1.165) is 16.1 Å². The molecule has 23 heavy (non-hydrogen) atoms. The summed E-state index contributed by atoms with van der Waals surface area (Å²) < 4.78 is 6.83. The van der Waals surface area contributed by atoms with Crippen LogP contribution in [0.3, 0.4) is 0 Å². The lowest BCUT2D eigenvalue weighted by Gasteiger charge is -2.13. The number of para-hydroxylation sites is 2. The molecule has 0 saturated carbocycles. The van der Waals surface area contributed by atoms with Gasteiger partial charge in [-0.1, -0.05) is 12.1 Å². The summed E-state index contributed by atoms with van der Waals surface area (Å²) in [5, 5.41) is 3.29. The van der Waals surface area contributed by atoms with E-state index in [1.807, 2.05) is 18.2 Å². The van der Waals surface area contributed by atoms with Crippen LogP contribution in [0.4, 0.5) is 5.13 Å². The molecule has 3 heterocycles. The van der Waals surface area contributed by atoms with Crippen molar-refractivity contribution in [2.45, 2.75) is 25.4 Å². The standard InChI is InChI=1S/C15H14N4O3S/c16-14-18-9-6-17-12(20)5-8(13(9)23-14)7-19-10-3-1-2-4-11(10)22-15(19)21/h1-4,8H,5-7H2,(H2,16,18)(H,17,20). The van der Waals surface area contributed by atoms with Gasteiger partial charge in [-0.3, -0.25) is 9.36 Å². The molecule has 3 aromatic rings. The lowest BCUT2D eigenvalue weighted by atomic mass is 10.0. The lowest BCUT2D eigenvalue weighted by molar-refractivity contribution is -0.121. The fourth-order valence-electron chi connectivity index (χ4n) is 2.95. The number of amides is 1. The first-order valence-corrected chi connectivity index (χ1v) is 8.03. The van der Waals surface area contributed by atoms with Gasteiger partial charge in [-0.15, -0.1) is 11.3 Å². The van der Waals surface area contributed by atoms with Crippen LogP contribution in [-0.2, 0) is 17.9 Å². The Morgan fingerprint density at radius 3 is 3.09 bits per heavy atom. The molecule has 0 radical (unpaired) electrons. The Morgan fingerprint density at radius 2 is 2.22 bits per heavy atom. The quantitative estimate of drug-likeness (QED) is 0.740.